The predicted molar refractivity (Wildman–Crippen MR) is 98.2 cm³/mol. The second-order valence-electron chi connectivity index (χ2n) is 6.65. The van der Waals surface area contributed by atoms with Gasteiger partial charge in [-0.25, -0.2) is 4.98 Å². The third-order valence-corrected chi connectivity index (χ3v) is 5.90. The molecule has 24 heavy (non-hydrogen) atoms. The van der Waals surface area contributed by atoms with Crippen LogP contribution in [0, 0.1) is 0 Å². The highest BCUT2D eigenvalue weighted by molar-refractivity contribution is 7.98. The Morgan fingerprint density at radius 2 is 1.88 bits per heavy atom. The molecule has 0 saturated carbocycles. The van der Waals surface area contributed by atoms with Gasteiger partial charge in [0.15, 0.2) is 5.16 Å². The van der Waals surface area contributed by atoms with Gasteiger partial charge in [-0.1, -0.05) is 23.9 Å². The van der Waals surface area contributed by atoms with Crippen LogP contribution >= 0.6 is 11.8 Å². The second kappa shape index (κ2) is 7.43. The van der Waals surface area contributed by atoms with Crippen molar-refractivity contribution >= 4 is 17.7 Å². The van der Waals surface area contributed by atoms with Gasteiger partial charge in [-0.3, -0.25) is 4.79 Å². The van der Waals surface area contributed by atoms with E-state index in [2.05, 4.69) is 35.9 Å². The number of piperidine rings is 1. The van der Waals surface area contributed by atoms with Crippen LogP contribution in [0.5, 0.6) is 0 Å². The van der Waals surface area contributed by atoms with E-state index in [9.17, 15) is 4.79 Å². The molecule has 0 N–H and O–H groups in total. The number of amides is 1. The predicted octanol–water partition coefficient (Wildman–Crippen LogP) is 4.12. The van der Waals surface area contributed by atoms with Crippen molar-refractivity contribution in [2.24, 2.45) is 7.05 Å². The van der Waals surface area contributed by atoms with Gasteiger partial charge in [-0.15, -0.1) is 0 Å². The van der Waals surface area contributed by atoms with Crippen LogP contribution in [0.25, 0.3) is 0 Å². The number of imidazole rings is 1. The van der Waals surface area contributed by atoms with Gasteiger partial charge in [0.05, 0.1) is 0 Å². The van der Waals surface area contributed by atoms with Crippen molar-refractivity contribution in [3.8, 4) is 0 Å². The van der Waals surface area contributed by atoms with E-state index in [-0.39, 0.29) is 5.91 Å². The van der Waals surface area contributed by atoms with Crippen molar-refractivity contribution in [3.05, 3.63) is 47.8 Å². The largest absolute Gasteiger partial charge is 0.333 e. The lowest BCUT2D eigenvalue weighted by molar-refractivity contribution is 0.0511. The number of likely N-dealkylation sites (tertiary alicyclic amines) is 1. The molecule has 2 aromatic rings. The first-order chi connectivity index (χ1) is 11.6. The topological polar surface area (TPSA) is 38.1 Å². The van der Waals surface area contributed by atoms with Gasteiger partial charge in [-0.05, 0) is 50.8 Å². The number of hydrogen-bond acceptors (Lipinski definition) is 3. The van der Waals surface area contributed by atoms with Crippen molar-refractivity contribution < 1.29 is 4.79 Å². The van der Waals surface area contributed by atoms with Crippen LogP contribution in [0.2, 0.25) is 0 Å². The Morgan fingerprint density at radius 3 is 2.46 bits per heavy atom. The van der Waals surface area contributed by atoms with Gasteiger partial charge >= 0.3 is 0 Å². The van der Waals surface area contributed by atoms with Crippen molar-refractivity contribution in [3.63, 3.8) is 0 Å². The zero-order valence-electron chi connectivity index (χ0n) is 14.6. The third kappa shape index (κ3) is 3.66. The highest BCUT2D eigenvalue weighted by Crippen LogP contribution is 2.25. The highest BCUT2D eigenvalue weighted by Gasteiger charge is 2.29. The van der Waals surface area contributed by atoms with Crippen LogP contribution in [-0.4, -0.2) is 32.4 Å². The average Bonchev–Trinajstić information content (AvgIpc) is 2.98. The molecule has 5 heteroatoms. The van der Waals surface area contributed by atoms with Crippen LogP contribution in [-0.2, 0) is 12.8 Å². The van der Waals surface area contributed by atoms with Gasteiger partial charge in [0, 0.05) is 42.8 Å². The lowest BCUT2D eigenvalue weighted by Crippen LogP contribution is -2.47. The summed E-state index contributed by atoms with van der Waals surface area (Å²) in [6, 6.07) is 8.71. The molecular weight excluding hydrogens is 318 g/mol. The summed E-state index contributed by atoms with van der Waals surface area (Å²) >= 11 is 1.71. The Labute approximate surface area is 148 Å². The number of carbonyl (C=O) groups excluding carboxylic acids is 1. The van der Waals surface area contributed by atoms with E-state index in [1.54, 1.807) is 11.8 Å². The van der Waals surface area contributed by atoms with Crippen molar-refractivity contribution in [2.45, 2.75) is 56.1 Å². The van der Waals surface area contributed by atoms with Gasteiger partial charge < -0.3 is 9.47 Å². The van der Waals surface area contributed by atoms with Gasteiger partial charge in [0.25, 0.3) is 5.91 Å². The Bertz CT molecular complexity index is 685. The average molecular weight is 343 g/mol. The number of hydrogen-bond donors (Lipinski definition) is 0. The molecule has 1 fully saturated rings. The molecule has 0 bridgehead atoms. The summed E-state index contributed by atoms with van der Waals surface area (Å²) in [5.74, 6) is 1.02. The number of benzene rings is 1. The van der Waals surface area contributed by atoms with E-state index in [0.717, 1.165) is 29.3 Å². The Balaban J connectivity index is 1.65. The Morgan fingerprint density at radius 1 is 1.21 bits per heavy atom. The Kier molecular flexibility index (Phi) is 5.29. The van der Waals surface area contributed by atoms with E-state index in [4.69, 9.17) is 0 Å². The number of thioether (sulfide) groups is 1. The molecule has 1 aromatic heterocycles. The first-order valence-electron chi connectivity index (χ1n) is 8.58. The SMILES string of the molecule is CC1CCCC(C)N1C(=O)c1ccc(CSc2nccn2C)cc1. The van der Waals surface area contributed by atoms with Crippen LogP contribution < -0.4 is 0 Å². The maximum atomic E-state index is 12.8. The lowest BCUT2D eigenvalue weighted by Gasteiger charge is -2.39. The number of carbonyl (C=O) groups is 1. The fourth-order valence-electron chi connectivity index (χ4n) is 3.35. The number of rotatable bonds is 4. The van der Waals surface area contributed by atoms with Crippen molar-refractivity contribution in [1.29, 1.82) is 0 Å². The molecule has 2 unspecified atom stereocenters. The second-order valence-corrected chi connectivity index (χ2v) is 7.59. The summed E-state index contributed by atoms with van der Waals surface area (Å²) in [4.78, 5) is 19.2. The minimum Gasteiger partial charge on any atom is -0.333 e. The molecule has 1 saturated heterocycles. The summed E-state index contributed by atoms with van der Waals surface area (Å²) in [6.45, 7) is 4.32. The fourth-order valence-corrected chi connectivity index (χ4v) is 4.24. The molecule has 1 aliphatic rings. The first-order valence-corrected chi connectivity index (χ1v) is 9.56. The van der Waals surface area contributed by atoms with E-state index in [1.165, 1.54) is 12.0 Å². The molecule has 0 spiro atoms. The van der Waals surface area contributed by atoms with Gasteiger partial charge in [0.2, 0.25) is 0 Å². The molecule has 2 heterocycles. The maximum Gasteiger partial charge on any atom is 0.254 e. The molecule has 1 aromatic carbocycles. The summed E-state index contributed by atoms with van der Waals surface area (Å²) in [5, 5.41) is 1.01. The smallest absolute Gasteiger partial charge is 0.254 e. The summed E-state index contributed by atoms with van der Waals surface area (Å²) in [7, 11) is 2.00. The normalized spacial score (nSPS) is 21.0. The zero-order valence-corrected chi connectivity index (χ0v) is 15.4. The molecule has 128 valence electrons. The molecule has 2 atom stereocenters. The molecule has 0 radical (unpaired) electrons. The highest BCUT2D eigenvalue weighted by atomic mass is 32.2. The van der Waals surface area contributed by atoms with E-state index >= 15 is 0 Å². The molecule has 4 nitrogen and oxygen atoms in total. The number of nitrogens with zero attached hydrogens (tertiary/aromatic N) is 3. The van der Waals surface area contributed by atoms with Crippen molar-refractivity contribution in [1.82, 2.24) is 14.5 Å². The zero-order chi connectivity index (χ0) is 17.1. The number of aryl methyl sites for hydroxylation is 1. The monoisotopic (exact) mass is 343 g/mol. The molecule has 0 aliphatic carbocycles. The fraction of sp³-hybridized carbons (Fsp3) is 0.474. The maximum absolute atomic E-state index is 12.8. The summed E-state index contributed by atoms with van der Waals surface area (Å²) in [6.07, 6.45) is 7.19. The van der Waals surface area contributed by atoms with E-state index in [1.807, 2.05) is 36.1 Å². The standard InChI is InChI=1S/C19H25N3OS/c1-14-5-4-6-15(2)22(14)18(23)17-9-7-16(8-10-17)13-24-19-20-11-12-21(19)3/h7-12,14-15H,4-6,13H2,1-3H3. The molecular formula is C19H25N3OS. The van der Waals surface area contributed by atoms with Gasteiger partial charge in [0.1, 0.15) is 0 Å². The minimum absolute atomic E-state index is 0.165. The van der Waals surface area contributed by atoms with E-state index < -0.39 is 0 Å². The number of aromatic nitrogens is 2. The third-order valence-electron chi connectivity index (χ3n) is 4.77. The summed E-state index contributed by atoms with van der Waals surface area (Å²) in [5.41, 5.74) is 2.00. The van der Waals surface area contributed by atoms with Crippen LogP contribution in [0.1, 0.15) is 49.0 Å². The van der Waals surface area contributed by atoms with Crippen molar-refractivity contribution in [2.75, 3.05) is 0 Å². The van der Waals surface area contributed by atoms with Crippen LogP contribution in [0.3, 0.4) is 0 Å². The molecule has 1 aliphatic heterocycles. The minimum atomic E-state index is 0.165. The van der Waals surface area contributed by atoms with Crippen LogP contribution in [0.4, 0.5) is 0 Å². The molecule has 3 rings (SSSR count). The first kappa shape index (κ1) is 17.1. The van der Waals surface area contributed by atoms with Crippen LogP contribution in [0.15, 0.2) is 41.8 Å². The quantitative estimate of drug-likeness (QED) is 0.784. The lowest BCUT2D eigenvalue weighted by atomic mass is 9.96. The Hall–Kier alpha value is -1.75. The summed E-state index contributed by atoms with van der Waals surface area (Å²) < 4.78 is 2.02. The molecule has 1 amide bonds. The van der Waals surface area contributed by atoms with Gasteiger partial charge in [-0.2, -0.15) is 0 Å². The van der Waals surface area contributed by atoms with E-state index in [0.29, 0.717) is 12.1 Å².